The van der Waals surface area contributed by atoms with Crippen LogP contribution in [0, 0.1) is 0 Å². The third kappa shape index (κ3) is 3.61. The van der Waals surface area contributed by atoms with Crippen LogP contribution < -0.4 is 14.8 Å². The summed E-state index contributed by atoms with van der Waals surface area (Å²) in [6.45, 7) is 1.68. The molecule has 19 heavy (non-hydrogen) atoms. The van der Waals surface area contributed by atoms with E-state index in [1.165, 1.54) is 20.3 Å². The van der Waals surface area contributed by atoms with Crippen LogP contribution >= 0.6 is 0 Å². The van der Waals surface area contributed by atoms with Crippen molar-refractivity contribution in [2.75, 3.05) is 14.2 Å². The fourth-order valence-corrected chi connectivity index (χ4v) is 1.57. The highest BCUT2D eigenvalue weighted by Crippen LogP contribution is 2.23. The predicted molar refractivity (Wildman–Crippen MR) is 68.7 cm³/mol. The normalized spacial score (nSPS) is 11.5. The van der Waals surface area contributed by atoms with Crippen LogP contribution in [0.25, 0.3) is 0 Å². The molecule has 1 aromatic rings. The zero-order valence-electron chi connectivity index (χ0n) is 11.1. The van der Waals surface area contributed by atoms with Gasteiger partial charge in [-0.3, -0.25) is 4.79 Å². The molecule has 0 aliphatic rings. The number of hydrogen-bond acceptors (Lipinski definition) is 4. The fraction of sp³-hybridized carbons (Fsp3) is 0.385. The van der Waals surface area contributed by atoms with E-state index >= 15 is 0 Å². The quantitative estimate of drug-likeness (QED) is 0.811. The molecule has 0 spiro atoms. The number of benzene rings is 1. The highest BCUT2D eigenvalue weighted by atomic mass is 16.5. The summed E-state index contributed by atoms with van der Waals surface area (Å²) in [7, 11) is 2.92. The van der Waals surface area contributed by atoms with Gasteiger partial charge in [0.2, 0.25) is 0 Å². The molecule has 0 heterocycles. The van der Waals surface area contributed by atoms with Crippen LogP contribution in [-0.4, -0.2) is 37.2 Å². The number of nitrogens with one attached hydrogen (secondary N) is 1. The molecule has 0 bridgehead atoms. The minimum absolute atomic E-state index is 0.238. The molecule has 0 saturated carbocycles. The van der Waals surface area contributed by atoms with Crippen molar-refractivity contribution in [2.45, 2.75) is 19.4 Å². The molecule has 104 valence electrons. The molecule has 1 aromatic carbocycles. The van der Waals surface area contributed by atoms with E-state index in [1.807, 2.05) is 0 Å². The van der Waals surface area contributed by atoms with Crippen LogP contribution in [0.2, 0.25) is 0 Å². The lowest BCUT2D eigenvalue weighted by Gasteiger charge is -2.14. The maximum atomic E-state index is 12.1. The second kappa shape index (κ2) is 6.63. The third-order valence-corrected chi connectivity index (χ3v) is 2.66. The van der Waals surface area contributed by atoms with Crippen molar-refractivity contribution in [2.24, 2.45) is 0 Å². The van der Waals surface area contributed by atoms with E-state index in [0.29, 0.717) is 17.9 Å². The van der Waals surface area contributed by atoms with Crippen molar-refractivity contribution >= 4 is 11.9 Å². The smallest absolute Gasteiger partial charge is 0.326 e. The van der Waals surface area contributed by atoms with Gasteiger partial charge in [0.25, 0.3) is 5.91 Å². The van der Waals surface area contributed by atoms with Gasteiger partial charge >= 0.3 is 5.97 Å². The highest BCUT2D eigenvalue weighted by Gasteiger charge is 2.21. The lowest BCUT2D eigenvalue weighted by Crippen LogP contribution is -2.40. The van der Waals surface area contributed by atoms with Gasteiger partial charge in [-0.25, -0.2) is 4.79 Å². The van der Waals surface area contributed by atoms with E-state index in [4.69, 9.17) is 14.6 Å². The summed E-state index contributed by atoms with van der Waals surface area (Å²) in [5.74, 6) is -0.726. The predicted octanol–water partition coefficient (Wildman–Crippen LogP) is 1.30. The number of carboxylic acids is 1. The average Bonchev–Trinajstić information content (AvgIpc) is 2.43. The lowest BCUT2D eigenvalue weighted by atomic mass is 10.1. The first-order valence-electron chi connectivity index (χ1n) is 5.79. The van der Waals surface area contributed by atoms with Crippen molar-refractivity contribution in [3.63, 3.8) is 0 Å². The Labute approximate surface area is 111 Å². The van der Waals surface area contributed by atoms with Crippen molar-refractivity contribution in [3.8, 4) is 11.5 Å². The minimum Gasteiger partial charge on any atom is -0.497 e. The third-order valence-electron chi connectivity index (χ3n) is 2.66. The van der Waals surface area contributed by atoms with Gasteiger partial charge in [-0.15, -0.1) is 0 Å². The van der Waals surface area contributed by atoms with Crippen LogP contribution in [0.3, 0.4) is 0 Å². The first-order chi connectivity index (χ1) is 9.03. The number of methoxy groups -OCH3 is 2. The maximum Gasteiger partial charge on any atom is 0.326 e. The zero-order chi connectivity index (χ0) is 14.4. The summed E-state index contributed by atoms with van der Waals surface area (Å²) in [6, 6.07) is 3.82. The number of carbonyl (C=O) groups excluding carboxylic acids is 1. The highest BCUT2D eigenvalue weighted by molar-refractivity contribution is 5.99. The molecular weight excluding hydrogens is 250 g/mol. The SMILES string of the molecule is CC[C@@H](NC(=O)c1cc(OC)ccc1OC)C(=O)O. The molecule has 0 aliphatic heterocycles. The second-order valence-electron chi connectivity index (χ2n) is 3.84. The fourth-order valence-electron chi connectivity index (χ4n) is 1.57. The van der Waals surface area contributed by atoms with Gasteiger partial charge in [0.1, 0.15) is 17.5 Å². The van der Waals surface area contributed by atoms with Crippen molar-refractivity contribution < 1.29 is 24.2 Å². The summed E-state index contributed by atoms with van der Waals surface area (Å²) >= 11 is 0. The van der Waals surface area contributed by atoms with Crippen molar-refractivity contribution in [1.82, 2.24) is 5.32 Å². The Bertz CT molecular complexity index is 472. The second-order valence-corrected chi connectivity index (χ2v) is 3.84. The molecule has 1 amide bonds. The van der Waals surface area contributed by atoms with Crippen molar-refractivity contribution in [1.29, 1.82) is 0 Å². The molecule has 0 aromatic heterocycles. The Balaban J connectivity index is 3.00. The number of amides is 1. The first-order valence-corrected chi connectivity index (χ1v) is 5.79. The molecule has 0 radical (unpaired) electrons. The van der Waals surface area contributed by atoms with Crippen molar-refractivity contribution in [3.05, 3.63) is 23.8 Å². The molecule has 2 N–H and O–H groups in total. The van der Waals surface area contributed by atoms with Gasteiger partial charge in [-0.2, -0.15) is 0 Å². The molecular formula is C13H17NO5. The molecule has 1 atom stereocenters. The largest absolute Gasteiger partial charge is 0.497 e. The summed E-state index contributed by atoms with van der Waals surface area (Å²) in [5, 5.41) is 11.4. The van der Waals surface area contributed by atoms with Gasteiger partial charge in [-0.05, 0) is 24.6 Å². The van der Waals surface area contributed by atoms with E-state index in [2.05, 4.69) is 5.32 Å². The van der Waals surface area contributed by atoms with Gasteiger partial charge in [0, 0.05) is 0 Å². The summed E-state index contributed by atoms with van der Waals surface area (Å²) in [4.78, 5) is 23.0. The van der Waals surface area contributed by atoms with Crippen LogP contribution in [0.15, 0.2) is 18.2 Å². The standard InChI is InChI=1S/C13H17NO5/c1-4-10(13(16)17)14-12(15)9-7-8(18-2)5-6-11(9)19-3/h5-7,10H,4H2,1-3H3,(H,14,15)(H,16,17)/t10-/m1/s1. The number of hydrogen-bond donors (Lipinski definition) is 2. The Morgan fingerprint density at radius 1 is 1.32 bits per heavy atom. The van der Waals surface area contributed by atoms with E-state index in [-0.39, 0.29) is 5.56 Å². The van der Waals surface area contributed by atoms with E-state index in [9.17, 15) is 9.59 Å². The van der Waals surface area contributed by atoms with Crippen LogP contribution in [0.1, 0.15) is 23.7 Å². The Morgan fingerprint density at radius 3 is 2.47 bits per heavy atom. The molecule has 0 unspecified atom stereocenters. The average molecular weight is 267 g/mol. The molecule has 1 rings (SSSR count). The van der Waals surface area contributed by atoms with Gasteiger partial charge < -0.3 is 19.9 Å². The Morgan fingerprint density at radius 2 is 2.00 bits per heavy atom. The Kier molecular flexibility index (Phi) is 5.17. The van der Waals surface area contributed by atoms with E-state index in [0.717, 1.165) is 0 Å². The zero-order valence-corrected chi connectivity index (χ0v) is 11.1. The number of carboxylic acid groups (broad SMARTS) is 1. The topological polar surface area (TPSA) is 84.9 Å². The summed E-state index contributed by atoms with van der Waals surface area (Å²) < 4.78 is 10.1. The monoisotopic (exact) mass is 267 g/mol. The van der Waals surface area contributed by atoms with Gasteiger partial charge in [-0.1, -0.05) is 6.92 Å². The van der Waals surface area contributed by atoms with E-state index in [1.54, 1.807) is 19.1 Å². The number of carbonyl (C=O) groups is 2. The molecule has 0 aliphatic carbocycles. The summed E-state index contributed by atoms with van der Waals surface area (Å²) in [6.07, 6.45) is 0.299. The first kappa shape index (κ1) is 14.8. The number of rotatable bonds is 6. The molecule has 6 nitrogen and oxygen atoms in total. The van der Waals surface area contributed by atoms with Crippen LogP contribution in [0.4, 0.5) is 0 Å². The number of ether oxygens (including phenoxy) is 2. The Hall–Kier alpha value is -2.24. The molecule has 0 saturated heterocycles. The van der Waals surface area contributed by atoms with Gasteiger partial charge in [0.15, 0.2) is 0 Å². The molecule has 6 heteroatoms. The lowest BCUT2D eigenvalue weighted by molar-refractivity contribution is -0.139. The van der Waals surface area contributed by atoms with Gasteiger partial charge in [0.05, 0.1) is 19.8 Å². The van der Waals surface area contributed by atoms with Crippen LogP contribution in [0.5, 0.6) is 11.5 Å². The number of aliphatic carboxylic acids is 1. The van der Waals surface area contributed by atoms with E-state index < -0.39 is 17.9 Å². The summed E-state index contributed by atoms with van der Waals surface area (Å²) in [5.41, 5.74) is 0.238. The minimum atomic E-state index is -1.07. The maximum absolute atomic E-state index is 12.1. The molecule has 0 fully saturated rings. The van der Waals surface area contributed by atoms with Crippen LogP contribution in [-0.2, 0) is 4.79 Å².